The third-order valence-electron chi connectivity index (χ3n) is 5.09. The van der Waals surface area contributed by atoms with Gasteiger partial charge >= 0.3 is 0 Å². The molecule has 3 heterocycles. The minimum Gasteiger partial charge on any atom is -0.493 e. The summed E-state index contributed by atoms with van der Waals surface area (Å²) in [4.78, 5) is 24.4. The van der Waals surface area contributed by atoms with Gasteiger partial charge in [-0.05, 0) is 38.8 Å². The van der Waals surface area contributed by atoms with Crippen molar-refractivity contribution in [3.63, 3.8) is 0 Å². The fourth-order valence-corrected chi connectivity index (χ4v) is 3.74. The van der Waals surface area contributed by atoms with E-state index in [2.05, 4.69) is 20.2 Å². The lowest BCUT2D eigenvalue weighted by atomic mass is 10.1. The smallest absolute Gasteiger partial charge is 0.260 e. The number of furan rings is 1. The number of anilines is 2. The highest BCUT2D eigenvalue weighted by atomic mass is 16.5. The molecule has 0 bridgehead atoms. The van der Waals surface area contributed by atoms with Crippen molar-refractivity contribution in [1.82, 2.24) is 9.97 Å². The van der Waals surface area contributed by atoms with Crippen LogP contribution >= 0.6 is 0 Å². The number of fused-ring (bicyclic) bond motifs is 1. The molecule has 1 amide bonds. The van der Waals surface area contributed by atoms with Crippen molar-refractivity contribution in [1.29, 1.82) is 0 Å². The van der Waals surface area contributed by atoms with E-state index in [1.54, 1.807) is 39.3 Å². The van der Waals surface area contributed by atoms with Gasteiger partial charge in [-0.15, -0.1) is 0 Å². The lowest BCUT2D eigenvalue weighted by Gasteiger charge is -2.18. The number of carbonyl (C=O) groups is 1. The average molecular weight is 396 g/mol. The largest absolute Gasteiger partial charge is 0.493 e. The molecule has 2 aromatic heterocycles. The summed E-state index contributed by atoms with van der Waals surface area (Å²) in [7, 11) is 3.12. The maximum Gasteiger partial charge on any atom is 0.260 e. The van der Waals surface area contributed by atoms with Crippen LogP contribution < -0.4 is 19.7 Å². The van der Waals surface area contributed by atoms with E-state index in [1.165, 1.54) is 0 Å². The molecule has 0 saturated carbocycles. The van der Waals surface area contributed by atoms with Gasteiger partial charge in [0.15, 0.2) is 11.5 Å². The first-order valence-electron chi connectivity index (χ1n) is 9.58. The van der Waals surface area contributed by atoms with Crippen molar-refractivity contribution in [2.75, 3.05) is 37.5 Å². The first-order chi connectivity index (χ1) is 14.0. The van der Waals surface area contributed by atoms with E-state index in [0.29, 0.717) is 45.4 Å². The van der Waals surface area contributed by atoms with E-state index in [-0.39, 0.29) is 5.91 Å². The van der Waals surface area contributed by atoms with Gasteiger partial charge in [0.25, 0.3) is 5.91 Å². The molecule has 1 aliphatic rings. The van der Waals surface area contributed by atoms with Gasteiger partial charge in [0.1, 0.15) is 17.4 Å². The second-order valence-corrected chi connectivity index (χ2v) is 7.03. The summed E-state index contributed by atoms with van der Waals surface area (Å²) >= 11 is 0. The molecule has 3 aromatic rings. The number of rotatable bonds is 5. The van der Waals surface area contributed by atoms with E-state index in [4.69, 9.17) is 13.9 Å². The number of amides is 1. The van der Waals surface area contributed by atoms with Crippen LogP contribution in [0.1, 0.15) is 34.8 Å². The molecular weight excluding hydrogens is 372 g/mol. The van der Waals surface area contributed by atoms with Crippen LogP contribution in [0.5, 0.6) is 11.5 Å². The number of nitrogens with zero attached hydrogens (tertiary/aromatic N) is 3. The van der Waals surface area contributed by atoms with E-state index >= 15 is 0 Å². The Balaban J connectivity index is 1.75. The molecule has 1 fully saturated rings. The Morgan fingerprint density at radius 1 is 1.10 bits per heavy atom. The molecule has 1 N–H and O–H groups in total. The maximum absolute atomic E-state index is 13.2. The van der Waals surface area contributed by atoms with Crippen LogP contribution in [0.4, 0.5) is 11.5 Å². The summed E-state index contributed by atoms with van der Waals surface area (Å²) in [5.74, 6) is 2.76. The highest BCUT2D eigenvalue weighted by molar-refractivity contribution is 6.15. The van der Waals surface area contributed by atoms with Crippen LogP contribution in [-0.4, -0.2) is 43.2 Å². The van der Waals surface area contributed by atoms with Crippen molar-refractivity contribution >= 4 is 28.5 Å². The average Bonchev–Trinajstić information content (AvgIpc) is 3.34. The van der Waals surface area contributed by atoms with Crippen molar-refractivity contribution in [3.05, 3.63) is 35.3 Å². The first-order valence-corrected chi connectivity index (χ1v) is 9.58. The number of nitrogens with one attached hydrogen (secondary N) is 1. The van der Waals surface area contributed by atoms with Crippen molar-refractivity contribution in [2.45, 2.75) is 26.7 Å². The number of aromatic nitrogens is 2. The molecule has 0 radical (unpaired) electrons. The minimum absolute atomic E-state index is 0.277. The molecule has 1 aromatic carbocycles. The molecule has 8 nitrogen and oxygen atoms in total. The summed E-state index contributed by atoms with van der Waals surface area (Å²) in [6.07, 6.45) is 2.21. The molecular formula is C21H24N4O4. The highest BCUT2D eigenvalue weighted by Gasteiger charge is 2.27. The zero-order valence-electron chi connectivity index (χ0n) is 17.0. The Kier molecular flexibility index (Phi) is 5.00. The van der Waals surface area contributed by atoms with Crippen molar-refractivity contribution in [2.24, 2.45) is 0 Å². The van der Waals surface area contributed by atoms with Crippen LogP contribution in [0.25, 0.3) is 11.1 Å². The topological polar surface area (TPSA) is 89.7 Å². The Morgan fingerprint density at radius 3 is 2.52 bits per heavy atom. The maximum atomic E-state index is 13.2. The van der Waals surface area contributed by atoms with Gasteiger partial charge in [0.2, 0.25) is 5.71 Å². The summed E-state index contributed by atoms with van der Waals surface area (Å²) in [5, 5.41) is 3.59. The number of aryl methyl sites for hydroxylation is 2. The third-order valence-corrected chi connectivity index (χ3v) is 5.09. The number of hydrogen-bond donors (Lipinski definition) is 1. The molecule has 1 aliphatic heterocycles. The second-order valence-electron chi connectivity index (χ2n) is 7.03. The normalized spacial score (nSPS) is 13.7. The predicted molar refractivity (Wildman–Crippen MR) is 110 cm³/mol. The molecule has 152 valence electrons. The van der Waals surface area contributed by atoms with Gasteiger partial charge in [-0.3, -0.25) is 4.79 Å². The van der Waals surface area contributed by atoms with E-state index < -0.39 is 0 Å². The predicted octanol–water partition coefficient (Wildman–Crippen LogP) is 3.71. The minimum atomic E-state index is -0.277. The number of methoxy groups -OCH3 is 2. The molecule has 4 rings (SSSR count). The molecule has 0 spiro atoms. The van der Waals surface area contributed by atoms with E-state index in [0.717, 1.165) is 31.7 Å². The lowest BCUT2D eigenvalue weighted by molar-refractivity contribution is 0.102. The lowest BCUT2D eigenvalue weighted by Crippen LogP contribution is -2.21. The third kappa shape index (κ3) is 3.46. The highest BCUT2D eigenvalue weighted by Crippen LogP contribution is 2.35. The Hall–Kier alpha value is -3.29. The molecule has 8 heteroatoms. The van der Waals surface area contributed by atoms with Crippen molar-refractivity contribution in [3.8, 4) is 11.5 Å². The van der Waals surface area contributed by atoms with Gasteiger partial charge in [-0.2, -0.15) is 4.98 Å². The van der Waals surface area contributed by atoms with Crippen LogP contribution in [0, 0.1) is 13.8 Å². The fraction of sp³-hybridized carbons (Fsp3) is 0.381. The van der Waals surface area contributed by atoms with Crippen LogP contribution in [0.3, 0.4) is 0 Å². The summed E-state index contributed by atoms with van der Waals surface area (Å²) in [5.41, 5.74) is 1.49. The number of benzene rings is 1. The zero-order chi connectivity index (χ0) is 20.5. The Bertz CT molecular complexity index is 1070. The number of carbonyl (C=O) groups excluding carboxylic acids is 1. The zero-order valence-corrected chi connectivity index (χ0v) is 17.0. The quantitative estimate of drug-likeness (QED) is 0.703. The standard InChI is InChI=1S/C21H24N4O4/c1-12-17(20(26)24-14-7-8-15(27-3)16(11-14)28-4)18-19(25-9-5-6-10-25)22-13(2)23-21(18)29-12/h7-8,11H,5-6,9-10H2,1-4H3,(H,24,26). The number of ether oxygens (including phenoxy) is 2. The van der Waals surface area contributed by atoms with Gasteiger partial charge < -0.3 is 24.1 Å². The summed E-state index contributed by atoms with van der Waals surface area (Å²) < 4.78 is 16.4. The molecule has 0 unspecified atom stereocenters. The first kappa shape index (κ1) is 19.0. The van der Waals surface area contributed by atoms with Gasteiger partial charge in [0, 0.05) is 24.8 Å². The van der Waals surface area contributed by atoms with Gasteiger partial charge in [0.05, 0.1) is 25.2 Å². The Morgan fingerprint density at radius 2 is 1.83 bits per heavy atom. The SMILES string of the molecule is COc1ccc(NC(=O)c2c(C)oc3nc(C)nc(N4CCCC4)c23)cc1OC. The van der Waals surface area contributed by atoms with Crippen LogP contribution in [-0.2, 0) is 0 Å². The van der Waals surface area contributed by atoms with Gasteiger partial charge in [-0.1, -0.05) is 0 Å². The van der Waals surface area contributed by atoms with E-state index in [1.807, 2.05) is 6.92 Å². The summed E-state index contributed by atoms with van der Waals surface area (Å²) in [6, 6.07) is 5.23. The molecule has 0 atom stereocenters. The molecule has 1 saturated heterocycles. The van der Waals surface area contributed by atoms with Crippen LogP contribution in [0.15, 0.2) is 22.6 Å². The van der Waals surface area contributed by atoms with E-state index in [9.17, 15) is 4.79 Å². The molecule has 0 aliphatic carbocycles. The van der Waals surface area contributed by atoms with Crippen LogP contribution in [0.2, 0.25) is 0 Å². The second kappa shape index (κ2) is 7.62. The fourth-order valence-electron chi connectivity index (χ4n) is 3.74. The number of hydrogen-bond acceptors (Lipinski definition) is 7. The monoisotopic (exact) mass is 396 g/mol. The van der Waals surface area contributed by atoms with Crippen molar-refractivity contribution < 1.29 is 18.7 Å². The van der Waals surface area contributed by atoms with Gasteiger partial charge in [-0.25, -0.2) is 4.98 Å². The Labute approximate surface area is 168 Å². The summed E-state index contributed by atoms with van der Waals surface area (Å²) in [6.45, 7) is 5.42. The molecule has 29 heavy (non-hydrogen) atoms.